The van der Waals surface area contributed by atoms with Gasteiger partial charge in [-0.05, 0) is 86.3 Å². The maximum absolute atomic E-state index is 13.4. The number of benzene rings is 2. The fourth-order valence-electron chi connectivity index (χ4n) is 5.07. The molecule has 184 valence electrons. The first kappa shape index (κ1) is 23.6. The lowest BCUT2D eigenvalue weighted by Crippen LogP contribution is -2.31. The van der Waals surface area contributed by atoms with Crippen LogP contribution in [0.3, 0.4) is 0 Å². The quantitative estimate of drug-likeness (QED) is 0.312. The van der Waals surface area contributed by atoms with Gasteiger partial charge in [-0.25, -0.2) is 0 Å². The molecule has 0 saturated carbocycles. The Balaban J connectivity index is 1.59. The van der Waals surface area contributed by atoms with Crippen molar-refractivity contribution in [2.75, 3.05) is 30.0 Å². The van der Waals surface area contributed by atoms with Crippen LogP contribution in [0.25, 0.3) is 5.76 Å². The molecule has 1 N–H and O–H groups in total. The molecule has 2 aliphatic rings. The van der Waals surface area contributed by atoms with E-state index in [9.17, 15) is 14.7 Å². The third-order valence-corrected chi connectivity index (χ3v) is 6.93. The van der Waals surface area contributed by atoms with Gasteiger partial charge in [-0.15, -0.1) is 0 Å². The molecule has 2 fully saturated rings. The lowest BCUT2D eigenvalue weighted by molar-refractivity contribution is -0.132. The zero-order chi connectivity index (χ0) is 25.2. The van der Waals surface area contributed by atoms with Crippen molar-refractivity contribution in [3.8, 4) is 5.75 Å². The summed E-state index contributed by atoms with van der Waals surface area (Å²) >= 11 is 0. The molecule has 0 bridgehead atoms. The predicted molar refractivity (Wildman–Crippen MR) is 139 cm³/mol. The van der Waals surface area contributed by atoms with Gasteiger partial charge in [0.25, 0.3) is 11.7 Å². The van der Waals surface area contributed by atoms with E-state index in [0.29, 0.717) is 22.7 Å². The van der Waals surface area contributed by atoms with Crippen LogP contribution in [0.15, 0.2) is 72.4 Å². The Labute approximate surface area is 210 Å². The van der Waals surface area contributed by atoms with Gasteiger partial charge >= 0.3 is 0 Å². The number of anilines is 2. The number of rotatable bonds is 5. The molecule has 7 nitrogen and oxygen atoms in total. The van der Waals surface area contributed by atoms with E-state index in [1.165, 1.54) is 24.2 Å². The third kappa shape index (κ3) is 4.21. The maximum atomic E-state index is 13.4. The highest BCUT2D eigenvalue weighted by molar-refractivity contribution is 6.51. The van der Waals surface area contributed by atoms with Crippen LogP contribution in [0.2, 0.25) is 0 Å². The molecule has 1 aromatic heterocycles. The average Bonchev–Trinajstić information content (AvgIpc) is 3.19. The van der Waals surface area contributed by atoms with Crippen LogP contribution >= 0.6 is 0 Å². The van der Waals surface area contributed by atoms with E-state index in [2.05, 4.69) is 9.88 Å². The largest absolute Gasteiger partial charge is 0.507 e. The second kappa shape index (κ2) is 9.85. The lowest BCUT2D eigenvalue weighted by Gasteiger charge is -2.30. The van der Waals surface area contributed by atoms with E-state index < -0.39 is 17.7 Å². The number of hydrogen-bond donors (Lipinski definition) is 1. The zero-order valence-electron chi connectivity index (χ0n) is 20.5. The molecule has 0 radical (unpaired) electrons. The topological polar surface area (TPSA) is 83.0 Å². The Morgan fingerprint density at radius 3 is 2.33 bits per heavy atom. The lowest BCUT2D eigenvalue weighted by atomic mass is 9.97. The standard InChI is InChI=1S/C29H29N3O4/c1-19-18-20(9-14-24(19)36-2)27(33)25-26(23-8-4-5-15-30-23)32(29(35)28(25)34)22-12-10-21(11-13-22)31-16-6-3-7-17-31/h4-5,8-15,18,26,33H,3,6-7,16-17H2,1-2H3/b27-25-. The van der Waals surface area contributed by atoms with Crippen LogP contribution in [-0.4, -0.2) is 42.0 Å². The normalized spacial score (nSPS) is 19.6. The van der Waals surface area contributed by atoms with Crippen molar-refractivity contribution in [3.05, 3.63) is 89.3 Å². The fourth-order valence-corrected chi connectivity index (χ4v) is 5.07. The smallest absolute Gasteiger partial charge is 0.300 e. The number of hydrogen-bond acceptors (Lipinski definition) is 6. The number of methoxy groups -OCH3 is 1. The fraction of sp³-hybridized carbons (Fsp3) is 0.276. The van der Waals surface area contributed by atoms with Crippen molar-refractivity contribution >= 4 is 28.8 Å². The summed E-state index contributed by atoms with van der Waals surface area (Å²) < 4.78 is 5.32. The number of pyridine rings is 1. The number of amides is 1. The molecule has 5 rings (SSSR count). The Morgan fingerprint density at radius 1 is 0.972 bits per heavy atom. The van der Waals surface area contributed by atoms with E-state index in [0.717, 1.165) is 24.3 Å². The number of nitrogens with zero attached hydrogens (tertiary/aromatic N) is 3. The molecule has 2 aliphatic heterocycles. The first-order valence-corrected chi connectivity index (χ1v) is 12.2. The van der Waals surface area contributed by atoms with Crippen LogP contribution in [0, 0.1) is 6.92 Å². The highest BCUT2D eigenvalue weighted by Crippen LogP contribution is 2.42. The van der Waals surface area contributed by atoms with Gasteiger partial charge in [-0.2, -0.15) is 0 Å². The summed E-state index contributed by atoms with van der Waals surface area (Å²) in [6.07, 6.45) is 5.20. The van der Waals surface area contributed by atoms with Gasteiger partial charge < -0.3 is 14.7 Å². The van der Waals surface area contributed by atoms with E-state index in [1.807, 2.05) is 31.2 Å². The Morgan fingerprint density at radius 2 is 1.69 bits per heavy atom. The van der Waals surface area contributed by atoms with Gasteiger partial charge in [0.15, 0.2) is 0 Å². The average molecular weight is 484 g/mol. The first-order chi connectivity index (χ1) is 17.5. The Hall–Kier alpha value is -4.13. The number of carbonyl (C=O) groups is 2. The summed E-state index contributed by atoms with van der Waals surface area (Å²) in [7, 11) is 1.57. The van der Waals surface area contributed by atoms with Crippen molar-refractivity contribution in [3.63, 3.8) is 0 Å². The molecular formula is C29H29N3O4. The first-order valence-electron chi connectivity index (χ1n) is 12.2. The molecule has 3 heterocycles. The molecular weight excluding hydrogens is 454 g/mol. The summed E-state index contributed by atoms with van der Waals surface area (Å²) in [6, 6.07) is 17.3. The van der Waals surface area contributed by atoms with Gasteiger partial charge in [0.1, 0.15) is 17.6 Å². The Kier molecular flexibility index (Phi) is 6.46. The van der Waals surface area contributed by atoms with Crippen molar-refractivity contribution in [2.45, 2.75) is 32.2 Å². The summed E-state index contributed by atoms with van der Waals surface area (Å²) in [4.78, 5) is 34.9. The van der Waals surface area contributed by atoms with Gasteiger partial charge in [-0.3, -0.25) is 19.5 Å². The van der Waals surface area contributed by atoms with Gasteiger partial charge in [0.05, 0.1) is 18.4 Å². The second-order valence-corrected chi connectivity index (χ2v) is 9.17. The van der Waals surface area contributed by atoms with Gasteiger partial charge in [0.2, 0.25) is 0 Å². The summed E-state index contributed by atoms with van der Waals surface area (Å²) in [5, 5.41) is 11.3. The monoisotopic (exact) mass is 483 g/mol. The molecule has 3 aromatic rings. The number of ketones is 1. The number of aliphatic hydroxyl groups excluding tert-OH is 1. The molecule has 7 heteroatoms. The SMILES string of the molecule is COc1ccc(/C(O)=C2/C(=O)C(=O)N(c3ccc(N4CCCCC4)cc3)C2c2ccccn2)cc1C. The summed E-state index contributed by atoms with van der Waals surface area (Å²) in [6.45, 7) is 3.88. The second-order valence-electron chi connectivity index (χ2n) is 9.17. The number of carbonyl (C=O) groups excluding carboxylic acids is 2. The van der Waals surface area contributed by atoms with Crippen LogP contribution in [0.1, 0.15) is 42.1 Å². The van der Waals surface area contributed by atoms with Crippen molar-refractivity contribution < 1.29 is 19.4 Å². The zero-order valence-corrected chi connectivity index (χ0v) is 20.5. The van der Waals surface area contributed by atoms with E-state index in [-0.39, 0.29) is 11.3 Å². The molecule has 1 unspecified atom stereocenters. The van der Waals surface area contributed by atoms with E-state index in [1.54, 1.807) is 49.7 Å². The molecule has 2 aromatic carbocycles. The Bertz CT molecular complexity index is 1310. The molecule has 0 spiro atoms. The van der Waals surface area contributed by atoms with Gasteiger partial charge in [0, 0.05) is 36.2 Å². The molecule has 0 aliphatic carbocycles. The summed E-state index contributed by atoms with van der Waals surface area (Å²) in [5.41, 5.74) is 3.44. The number of piperidine rings is 1. The highest BCUT2D eigenvalue weighted by Gasteiger charge is 2.47. The van der Waals surface area contributed by atoms with Crippen molar-refractivity contribution in [1.29, 1.82) is 0 Å². The number of aryl methyl sites for hydroxylation is 1. The van der Waals surface area contributed by atoms with Crippen LogP contribution in [0.4, 0.5) is 11.4 Å². The molecule has 1 amide bonds. The maximum Gasteiger partial charge on any atom is 0.300 e. The third-order valence-electron chi connectivity index (χ3n) is 6.93. The number of Topliss-reactive ketones (excluding diaryl/α,β-unsaturated/α-hetero) is 1. The number of aromatic nitrogens is 1. The number of ether oxygens (including phenoxy) is 1. The van der Waals surface area contributed by atoms with Crippen molar-refractivity contribution in [2.24, 2.45) is 0 Å². The van der Waals surface area contributed by atoms with Crippen LogP contribution < -0.4 is 14.5 Å². The number of aliphatic hydroxyl groups is 1. The minimum atomic E-state index is -0.852. The van der Waals surface area contributed by atoms with Gasteiger partial charge in [-0.1, -0.05) is 6.07 Å². The minimum absolute atomic E-state index is 0.0170. The van der Waals surface area contributed by atoms with Crippen LogP contribution in [0.5, 0.6) is 5.75 Å². The van der Waals surface area contributed by atoms with Crippen molar-refractivity contribution in [1.82, 2.24) is 4.98 Å². The molecule has 1 atom stereocenters. The van der Waals surface area contributed by atoms with E-state index >= 15 is 0 Å². The van der Waals surface area contributed by atoms with E-state index in [4.69, 9.17) is 4.74 Å². The predicted octanol–water partition coefficient (Wildman–Crippen LogP) is 5.02. The van der Waals surface area contributed by atoms with Crippen LogP contribution in [-0.2, 0) is 9.59 Å². The minimum Gasteiger partial charge on any atom is -0.507 e. The molecule has 36 heavy (non-hydrogen) atoms. The summed E-state index contributed by atoms with van der Waals surface area (Å²) in [5.74, 6) is -0.996. The molecule has 2 saturated heterocycles. The highest BCUT2D eigenvalue weighted by atomic mass is 16.5.